The molecule has 6 rings (SSSR count). The maximum atomic E-state index is 13.3. The van der Waals surface area contributed by atoms with Gasteiger partial charge in [0.05, 0.1) is 24.9 Å². The van der Waals surface area contributed by atoms with E-state index in [-0.39, 0.29) is 11.9 Å². The molecular weight excluding hydrogens is 452 g/mol. The number of anilines is 3. The number of morpholine rings is 1. The van der Waals surface area contributed by atoms with E-state index < -0.39 is 0 Å². The number of ether oxygens (including phenoxy) is 1. The maximum absolute atomic E-state index is 13.3. The highest BCUT2D eigenvalue weighted by Gasteiger charge is 2.30. The molecule has 36 heavy (non-hydrogen) atoms. The van der Waals surface area contributed by atoms with Crippen molar-refractivity contribution in [3.8, 4) is 11.3 Å². The molecule has 1 aromatic heterocycles. The van der Waals surface area contributed by atoms with Crippen LogP contribution >= 0.6 is 0 Å². The van der Waals surface area contributed by atoms with E-state index in [1.165, 1.54) is 5.56 Å². The van der Waals surface area contributed by atoms with Gasteiger partial charge in [0.15, 0.2) is 0 Å². The summed E-state index contributed by atoms with van der Waals surface area (Å²) >= 11 is 0. The van der Waals surface area contributed by atoms with Crippen LogP contribution in [0.25, 0.3) is 11.3 Å². The lowest BCUT2D eigenvalue weighted by Crippen LogP contribution is -2.44. The predicted octanol–water partition coefficient (Wildman–Crippen LogP) is 3.36. The van der Waals surface area contributed by atoms with Crippen molar-refractivity contribution in [2.75, 3.05) is 49.6 Å². The Labute approximate surface area is 211 Å². The highest BCUT2D eigenvalue weighted by molar-refractivity contribution is 5.82. The van der Waals surface area contributed by atoms with Gasteiger partial charge in [0.2, 0.25) is 11.9 Å². The average molecular weight is 485 g/mol. The first-order valence-corrected chi connectivity index (χ1v) is 12.9. The third-order valence-corrected chi connectivity index (χ3v) is 7.37. The Kier molecular flexibility index (Phi) is 6.53. The zero-order valence-corrected chi connectivity index (χ0v) is 20.4. The molecule has 4 heterocycles. The van der Waals surface area contributed by atoms with Crippen LogP contribution in [0.5, 0.6) is 0 Å². The van der Waals surface area contributed by atoms with E-state index in [0.29, 0.717) is 25.7 Å². The van der Waals surface area contributed by atoms with Crippen molar-refractivity contribution >= 4 is 23.2 Å². The zero-order valence-electron chi connectivity index (χ0n) is 20.4. The van der Waals surface area contributed by atoms with Crippen LogP contribution < -0.4 is 15.5 Å². The van der Waals surface area contributed by atoms with Gasteiger partial charge in [-0.05, 0) is 67.3 Å². The fourth-order valence-corrected chi connectivity index (χ4v) is 5.48. The molecule has 0 saturated carbocycles. The Morgan fingerprint density at radius 3 is 2.83 bits per heavy atom. The van der Waals surface area contributed by atoms with Crippen LogP contribution in [0.3, 0.4) is 0 Å². The largest absolute Gasteiger partial charge is 0.378 e. The van der Waals surface area contributed by atoms with E-state index in [9.17, 15) is 4.79 Å². The highest BCUT2D eigenvalue weighted by atomic mass is 16.5. The molecule has 2 N–H and O–H groups in total. The number of aromatic nitrogens is 2. The van der Waals surface area contributed by atoms with Gasteiger partial charge < -0.3 is 20.3 Å². The minimum Gasteiger partial charge on any atom is -0.378 e. The predicted molar refractivity (Wildman–Crippen MR) is 140 cm³/mol. The number of hydrogen-bond donors (Lipinski definition) is 2. The molecule has 3 aliphatic rings. The van der Waals surface area contributed by atoms with Crippen LogP contribution in [0.4, 0.5) is 17.3 Å². The standard InChI is InChI=1S/C28H32N6O2/c35-27-26-5-2-11-33(26)12-9-20-3-1-4-21(17-20)24-8-10-29-28(32-24)31-23-6-7-25(22(18-23)19-30-27)34-13-15-36-16-14-34/h1,3-4,6-8,10,17-18,26H,2,5,9,11-16,19H2,(H,30,35)(H,29,31,32)/t26-/m0/s1. The zero-order chi connectivity index (χ0) is 24.3. The third kappa shape index (κ3) is 4.92. The summed E-state index contributed by atoms with van der Waals surface area (Å²) in [5.41, 5.74) is 6.32. The topological polar surface area (TPSA) is 82.6 Å². The second-order valence-electron chi connectivity index (χ2n) is 9.70. The Bertz CT molecular complexity index is 1240. The number of benzene rings is 2. The number of rotatable bonds is 1. The third-order valence-electron chi connectivity index (χ3n) is 7.37. The van der Waals surface area contributed by atoms with Crippen LogP contribution in [0.15, 0.2) is 54.7 Å². The number of amides is 1. The first-order valence-electron chi connectivity index (χ1n) is 12.9. The van der Waals surface area contributed by atoms with Crippen LogP contribution in [0.1, 0.15) is 24.0 Å². The average Bonchev–Trinajstić information content (AvgIpc) is 3.40. The number of fused-ring (bicyclic) bond motifs is 8. The smallest absolute Gasteiger partial charge is 0.237 e. The summed E-state index contributed by atoms with van der Waals surface area (Å²) in [6.45, 7) is 5.42. The van der Waals surface area contributed by atoms with Crippen molar-refractivity contribution in [2.45, 2.75) is 31.8 Å². The minimum absolute atomic E-state index is 0.0714. The van der Waals surface area contributed by atoms with E-state index in [1.54, 1.807) is 6.20 Å². The Morgan fingerprint density at radius 2 is 1.92 bits per heavy atom. The summed E-state index contributed by atoms with van der Waals surface area (Å²) in [5.74, 6) is 0.670. The van der Waals surface area contributed by atoms with Crippen molar-refractivity contribution in [2.24, 2.45) is 0 Å². The van der Waals surface area contributed by atoms with Gasteiger partial charge in [-0.2, -0.15) is 0 Å². The van der Waals surface area contributed by atoms with Gasteiger partial charge in [-0.1, -0.05) is 18.2 Å². The van der Waals surface area contributed by atoms with Crippen LogP contribution in [-0.2, 0) is 22.5 Å². The monoisotopic (exact) mass is 484 g/mol. The number of nitrogens with zero attached hydrogens (tertiary/aromatic N) is 4. The fourth-order valence-electron chi connectivity index (χ4n) is 5.48. The number of nitrogens with one attached hydrogen (secondary N) is 2. The van der Waals surface area contributed by atoms with Gasteiger partial charge in [-0.15, -0.1) is 0 Å². The molecule has 0 radical (unpaired) electrons. The molecular formula is C28H32N6O2. The van der Waals surface area contributed by atoms with Crippen LogP contribution in [0.2, 0.25) is 0 Å². The van der Waals surface area contributed by atoms with E-state index in [4.69, 9.17) is 9.72 Å². The quantitative estimate of drug-likeness (QED) is 0.548. The summed E-state index contributed by atoms with van der Waals surface area (Å²) in [7, 11) is 0. The van der Waals surface area contributed by atoms with E-state index in [2.05, 4.69) is 67.9 Å². The van der Waals surface area contributed by atoms with Crippen molar-refractivity contribution < 1.29 is 9.53 Å². The summed E-state index contributed by atoms with van der Waals surface area (Å²) in [6, 6.07) is 16.7. The molecule has 8 nitrogen and oxygen atoms in total. The molecule has 8 heteroatoms. The van der Waals surface area contributed by atoms with Gasteiger partial charge in [-0.3, -0.25) is 9.69 Å². The molecule has 6 bridgehead atoms. The maximum Gasteiger partial charge on any atom is 0.237 e. The van der Waals surface area contributed by atoms with Gasteiger partial charge in [0.25, 0.3) is 0 Å². The van der Waals surface area contributed by atoms with Crippen LogP contribution in [0, 0.1) is 0 Å². The number of carbonyl (C=O) groups excluding carboxylic acids is 1. The molecule has 2 saturated heterocycles. The second kappa shape index (κ2) is 10.2. The molecule has 1 amide bonds. The van der Waals surface area contributed by atoms with Crippen molar-refractivity contribution in [3.63, 3.8) is 0 Å². The van der Waals surface area contributed by atoms with E-state index in [1.807, 2.05) is 6.07 Å². The molecule has 3 aliphatic heterocycles. The van der Waals surface area contributed by atoms with Gasteiger partial charge in [0.1, 0.15) is 0 Å². The minimum atomic E-state index is -0.0714. The highest BCUT2D eigenvalue weighted by Crippen LogP contribution is 2.28. The lowest BCUT2D eigenvalue weighted by atomic mass is 10.1. The molecule has 3 aromatic rings. The lowest BCUT2D eigenvalue weighted by molar-refractivity contribution is -0.125. The summed E-state index contributed by atoms with van der Waals surface area (Å²) in [4.78, 5) is 27.2. The van der Waals surface area contributed by atoms with Gasteiger partial charge in [0, 0.05) is 49.3 Å². The first kappa shape index (κ1) is 22.9. The lowest BCUT2D eigenvalue weighted by Gasteiger charge is -2.31. The van der Waals surface area contributed by atoms with Gasteiger partial charge in [-0.25, -0.2) is 9.97 Å². The molecule has 0 spiro atoms. The Morgan fingerprint density at radius 1 is 1.00 bits per heavy atom. The molecule has 186 valence electrons. The van der Waals surface area contributed by atoms with Crippen LogP contribution in [-0.4, -0.2) is 66.2 Å². The SMILES string of the molecule is O=C1NCc2cc(ccc2N2CCOCC2)Nc2nccc(n2)-c2cccc(c2)CCN2CCC[C@@H]12. The normalized spacial score (nSPS) is 20.7. The van der Waals surface area contributed by atoms with Crippen molar-refractivity contribution in [1.29, 1.82) is 0 Å². The van der Waals surface area contributed by atoms with Crippen molar-refractivity contribution in [3.05, 3.63) is 65.9 Å². The second-order valence-corrected chi connectivity index (χ2v) is 9.70. The van der Waals surface area contributed by atoms with Crippen molar-refractivity contribution in [1.82, 2.24) is 20.2 Å². The Hall–Kier alpha value is -3.49. The molecule has 0 unspecified atom stereocenters. The van der Waals surface area contributed by atoms with Gasteiger partial charge >= 0.3 is 0 Å². The molecule has 1 atom stereocenters. The fraction of sp³-hybridized carbons (Fsp3) is 0.393. The summed E-state index contributed by atoms with van der Waals surface area (Å²) < 4.78 is 5.56. The number of carbonyl (C=O) groups is 1. The molecule has 0 aliphatic carbocycles. The van der Waals surface area contributed by atoms with E-state index >= 15 is 0 Å². The first-order chi connectivity index (χ1) is 17.7. The summed E-state index contributed by atoms with van der Waals surface area (Å²) in [6.07, 6.45) is 4.66. The van der Waals surface area contributed by atoms with E-state index in [0.717, 1.165) is 73.6 Å². The summed E-state index contributed by atoms with van der Waals surface area (Å²) in [5, 5.41) is 6.63. The Balaban J connectivity index is 1.37. The molecule has 2 fully saturated rings. The number of hydrogen-bond acceptors (Lipinski definition) is 7. The molecule has 2 aromatic carbocycles.